The van der Waals surface area contributed by atoms with Crippen molar-refractivity contribution >= 4 is 5.78 Å². The number of Topliss-reactive ketones (excluding diaryl/α,β-unsaturated/α-hetero) is 1. The lowest BCUT2D eigenvalue weighted by atomic mass is 9.69. The van der Waals surface area contributed by atoms with E-state index in [1.54, 1.807) is 0 Å². The van der Waals surface area contributed by atoms with Crippen molar-refractivity contribution in [2.24, 2.45) is 5.41 Å². The third kappa shape index (κ3) is 3.58. The monoisotopic (exact) mass is 225 g/mol. The maximum Gasteiger partial charge on any atom is 0.140 e. The molecule has 0 radical (unpaired) electrons. The molecule has 0 aromatic heterocycles. The van der Waals surface area contributed by atoms with Gasteiger partial charge in [-0.2, -0.15) is 0 Å². The Labute approximate surface area is 100 Å². The Kier molecular flexibility index (Phi) is 5.47. The predicted molar refractivity (Wildman–Crippen MR) is 68.6 cm³/mol. The normalized spacial score (nSPS) is 26.4. The highest BCUT2D eigenvalue weighted by atomic mass is 16.1. The van der Waals surface area contributed by atoms with E-state index in [0.29, 0.717) is 5.78 Å². The Hall–Kier alpha value is -0.370. The smallest absolute Gasteiger partial charge is 0.140 e. The van der Waals surface area contributed by atoms with Crippen LogP contribution < -0.4 is 0 Å². The summed E-state index contributed by atoms with van der Waals surface area (Å²) in [5, 5.41) is 0. The number of carbonyl (C=O) groups excluding carboxylic acids is 1. The first kappa shape index (κ1) is 13.7. The predicted octanol–water partition coefficient (Wildman–Crippen LogP) is 3.26. The fourth-order valence-corrected chi connectivity index (χ4v) is 2.98. The Morgan fingerprint density at radius 3 is 2.56 bits per heavy atom. The first-order valence-electron chi connectivity index (χ1n) is 6.79. The van der Waals surface area contributed by atoms with Crippen LogP contribution in [-0.2, 0) is 4.79 Å². The maximum absolute atomic E-state index is 12.2. The summed E-state index contributed by atoms with van der Waals surface area (Å²) in [7, 11) is 4.17. The van der Waals surface area contributed by atoms with Crippen molar-refractivity contribution in [2.45, 2.75) is 58.3 Å². The van der Waals surface area contributed by atoms with Gasteiger partial charge < -0.3 is 4.90 Å². The molecule has 1 rings (SSSR count). The van der Waals surface area contributed by atoms with Gasteiger partial charge in [0.1, 0.15) is 5.78 Å². The molecule has 0 aromatic rings. The van der Waals surface area contributed by atoms with E-state index in [4.69, 9.17) is 0 Å². The molecule has 1 saturated carbocycles. The van der Waals surface area contributed by atoms with Gasteiger partial charge in [0, 0.05) is 18.4 Å². The van der Waals surface area contributed by atoms with Crippen molar-refractivity contribution in [2.75, 3.05) is 20.6 Å². The van der Waals surface area contributed by atoms with Gasteiger partial charge in [0.2, 0.25) is 0 Å². The van der Waals surface area contributed by atoms with Gasteiger partial charge in [0.05, 0.1) is 0 Å². The van der Waals surface area contributed by atoms with E-state index in [1.165, 1.54) is 25.7 Å². The summed E-state index contributed by atoms with van der Waals surface area (Å²) in [6, 6.07) is 0. The van der Waals surface area contributed by atoms with E-state index in [-0.39, 0.29) is 5.41 Å². The molecule has 94 valence electrons. The topological polar surface area (TPSA) is 20.3 Å². The second kappa shape index (κ2) is 6.39. The third-order valence-electron chi connectivity index (χ3n) is 3.78. The van der Waals surface area contributed by atoms with Gasteiger partial charge in [-0.1, -0.05) is 32.6 Å². The number of rotatable bonds is 6. The van der Waals surface area contributed by atoms with Crippen molar-refractivity contribution in [1.29, 1.82) is 0 Å². The number of hydrogen-bond donors (Lipinski definition) is 0. The summed E-state index contributed by atoms with van der Waals surface area (Å²) in [5.41, 5.74) is -0.00306. The zero-order valence-corrected chi connectivity index (χ0v) is 11.2. The van der Waals surface area contributed by atoms with Crippen LogP contribution in [0.4, 0.5) is 0 Å². The standard InChI is InChI=1S/C14H27NO/c1-4-5-7-10-14(12-15(2)3)11-8-6-9-13(14)16/h4-12H2,1-3H3. The van der Waals surface area contributed by atoms with Gasteiger partial charge in [-0.3, -0.25) is 4.79 Å². The third-order valence-corrected chi connectivity index (χ3v) is 3.78. The summed E-state index contributed by atoms with van der Waals surface area (Å²) in [4.78, 5) is 14.4. The van der Waals surface area contributed by atoms with Crippen LogP contribution in [0, 0.1) is 5.41 Å². The van der Waals surface area contributed by atoms with Crippen molar-refractivity contribution in [3.05, 3.63) is 0 Å². The fourth-order valence-electron chi connectivity index (χ4n) is 2.98. The lowest BCUT2D eigenvalue weighted by Crippen LogP contribution is -2.42. The van der Waals surface area contributed by atoms with E-state index in [1.807, 2.05) is 0 Å². The van der Waals surface area contributed by atoms with Crippen molar-refractivity contribution < 1.29 is 4.79 Å². The quantitative estimate of drug-likeness (QED) is 0.647. The molecule has 0 saturated heterocycles. The van der Waals surface area contributed by atoms with Crippen LogP contribution in [0.2, 0.25) is 0 Å². The molecule has 0 aromatic carbocycles. The maximum atomic E-state index is 12.2. The highest BCUT2D eigenvalue weighted by Crippen LogP contribution is 2.38. The number of unbranched alkanes of at least 4 members (excludes halogenated alkanes) is 2. The fraction of sp³-hybridized carbons (Fsp3) is 0.929. The molecule has 1 aliphatic carbocycles. The van der Waals surface area contributed by atoms with Gasteiger partial charge in [0.15, 0.2) is 0 Å². The Bertz CT molecular complexity index is 225. The van der Waals surface area contributed by atoms with E-state index in [2.05, 4.69) is 25.9 Å². The molecular formula is C14H27NO. The molecule has 0 aliphatic heterocycles. The lowest BCUT2D eigenvalue weighted by Gasteiger charge is -2.38. The van der Waals surface area contributed by atoms with Crippen molar-refractivity contribution in [1.82, 2.24) is 4.90 Å². The molecular weight excluding hydrogens is 198 g/mol. The van der Waals surface area contributed by atoms with Crippen LogP contribution >= 0.6 is 0 Å². The molecule has 0 amide bonds. The minimum absolute atomic E-state index is 0.00306. The van der Waals surface area contributed by atoms with Crippen LogP contribution in [0.25, 0.3) is 0 Å². The van der Waals surface area contributed by atoms with E-state index < -0.39 is 0 Å². The number of nitrogens with zero attached hydrogens (tertiary/aromatic N) is 1. The van der Waals surface area contributed by atoms with Gasteiger partial charge >= 0.3 is 0 Å². The van der Waals surface area contributed by atoms with Gasteiger partial charge in [0.25, 0.3) is 0 Å². The van der Waals surface area contributed by atoms with Crippen molar-refractivity contribution in [3.8, 4) is 0 Å². The lowest BCUT2D eigenvalue weighted by molar-refractivity contribution is -0.133. The minimum atomic E-state index is -0.00306. The molecule has 2 heteroatoms. The zero-order valence-electron chi connectivity index (χ0n) is 11.2. The Morgan fingerprint density at radius 2 is 2.00 bits per heavy atom. The number of hydrogen-bond acceptors (Lipinski definition) is 2. The number of ketones is 1. The molecule has 1 fully saturated rings. The van der Waals surface area contributed by atoms with Crippen LogP contribution in [0.5, 0.6) is 0 Å². The van der Waals surface area contributed by atoms with Crippen LogP contribution in [0.15, 0.2) is 0 Å². The molecule has 1 unspecified atom stereocenters. The van der Waals surface area contributed by atoms with Gasteiger partial charge in [-0.15, -0.1) is 0 Å². The zero-order chi connectivity index (χ0) is 12.0. The Morgan fingerprint density at radius 1 is 1.25 bits per heavy atom. The summed E-state index contributed by atoms with van der Waals surface area (Å²) in [5.74, 6) is 0.531. The first-order chi connectivity index (χ1) is 7.60. The second-order valence-electron chi connectivity index (χ2n) is 5.61. The highest BCUT2D eigenvalue weighted by molar-refractivity contribution is 5.85. The molecule has 16 heavy (non-hydrogen) atoms. The molecule has 1 atom stereocenters. The summed E-state index contributed by atoms with van der Waals surface area (Å²) < 4.78 is 0. The average molecular weight is 225 g/mol. The molecule has 0 N–H and O–H groups in total. The van der Waals surface area contributed by atoms with E-state index >= 15 is 0 Å². The molecule has 0 heterocycles. The molecule has 2 nitrogen and oxygen atoms in total. The van der Waals surface area contributed by atoms with Crippen molar-refractivity contribution in [3.63, 3.8) is 0 Å². The second-order valence-corrected chi connectivity index (χ2v) is 5.61. The van der Waals surface area contributed by atoms with E-state index in [0.717, 1.165) is 32.2 Å². The molecule has 0 spiro atoms. The van der Waals surface area contributed by atoms with Crippen LogP contribution in [-0.4, -0.2) is 31.3 Å². The summed E-state index contributed by atoms with van der Waals surface area (Å²) in [6.45, 7) is 3.18. The molecule has 0 bridgehead atoms. The summed E-state index contributed by atoms with van der Waals surface area (Å²) >= 11 is 0. The highest BCUT2D eigenvalue weighted by Gasteiger charge is 2.39. The molecule has 1 aliphatic rings. The Balaban J connectivity index is 2.62. The van der Waals surface area contributed by atoms with Crippen LogP contribution in [0.3, 0.4) is 0 Å². The summed E-state index contributed by atoms with van der Waals surface area (Å²) in [6.07, 6.45) is 9.13. The average Bonchev–Trinajstić information content (AvgIpc) is 2.22. The number of carbonyl (C=O) groups is 1. The van der Waals surface area contributed by atoms with Gasteiger partial charge in [-0.05, 0) is 33.4 Å². The van der Waals surface area contributed by atoms with E-state index in [9.17, 15) is 4.79 Å². The largest absolute Gasteiger partial charge is 0.308 e. The first-order valence-corrected chi connectivity index (χ1v) is 6.79. The van der Waals surface area contributed by atoms with Crippen LogP contribution in [0.1, 0.15) is 58.3 Å². The minimum Gasteiger partial charge on any atom is -0.308 e. The van der Waals surface area contributed by atoms with Gasteiger partial charge in [-0.25, -0.2) is 0 Å². The SMILES string of the molecule is CCCCCC1(CN(C)C)CCCCC1=O.